The zero-order chi connectivity index (χ0) is 18.4. The minimum atomic E-state index is -1.05. The maximum Gasteiger partial charge on any atom is 0.178 e. The van der Waals surface area contributed by atoms with Gasteiger partial charge in [-0.05, 0) is 44.0 Å². The van der Waals surface area contributed by atoms with Crippen molar-refractivity contribution in [1.82, 2.24) is 10.3 Å². The summed E-state index contributed by atoms with van der Waals surface area (Å²) in [5.74, 6) is -0.433. The van der Waals surface area contributed by atoms with Crippen LogP contribution in [0.25, 0.3) is 11.3 Å². The number of halogens is 3. The normalized spacial score (nSPS) is 20.0. The smallest absolute Gasteiger partial charge is 0.178 e. The molecule has 138 valence electrons. The van der Waals surface area contributed by atoms with Crippen molar-refractivity contribution in [3.63, 3.8) is 0 Å². The van der Waals surface area contributed by atoms with Crippen LogP contribution in [-0.2, 0) is 0 Å². The number of hydrogen-bond acceptors (Lipinski definition) is 3. The second-order valence-corrected chi connectivity index (χ2v) is 7.66. The summed E-state index contributed by atoms with van der Waals surface area (Å²) in [5.41, 5.74) is 2.40. The fourth-order valence-corrected chi connectivity index (χ4v) is 3.85. The van der Waals surface area contributed by atoms with Gasteiger partial charge in [-0.2, -0.15) is 0 Å². The summed E-state index contributed by atoms with van der Waals surface area (Å²) >= 11 is 5.71. The van der Waals surface area contributed by atoms with Crippen LogP contribution in [0.3, 0.4) is 0 Å². The predicted molar refractivity (Wildman–Crippen MR) is 97.9 cm³/mol. The van der Waals surface area contributed by atoms with E-state index in [1.54, 1.807) is 0 Å². The molecule has 1 aliphatic carbocycles. The molecule has 1 N–H and O–H groups in total. The van der Waals surface area contributed by atoms with Gasteiger partial charge in [0.05, 0.1) is 11.6 Å². The van der Waals surface area contributed by atoms with E-state index in [1.807, 2.05) is 7.05 Å². The lowest BCUT2D eigenvalue weighted by Crippen LogP contribution is -2.20. The largest absolute Gasteiger partial charge is 0.490 e. The SMILES string of the molecule is CNCC(c1cc2c(c(-c3ccc(Cl)c(F)c3F)n1)OCC2C)C1CC1. The molecule has 26 heavy (non-hydrogen) atoms. The zero-order valence-corrected chi connectivity index (χ0v) is 15.5. The Morgan fingerprint density at radius 3 is 2.77 bits per heavy atom. The fraction of sp³-hybridized carbons (Fsp3) is 0.450. The summed E-state index contributed by atoms with van der Waals surface area (Å²) in [5, 5.41) is 2.99. The van der Waals surface area contributed by atoms with Crippen molar-refractivity contribution >= 4 is 11.6 Å². The molecule has 2 aromatic rings. The fourth-order valence-electron chi connectivity index (χ4n) is 3.70. The first-order chi connectivity index (χ1) is 12.5. The van der Waals surface area contributed by atoms with Crippen molar-refractivity contribution in [3.8, 4) is 17.0 Å². The molecule has 0 saturated heterocycles. The van der Waals surface area contributed by atoms with E-state index in [0.29, 0.717) is 24.0 Å². The van der Waals surface area contributed by atoms with Gasteiger partial charge in [0, 0.05) is 35.2 Å². The maximum absolute atomic E-state index is 14.6. The Labute approximate surface area is 156 Å². The first-order valence-corrected chi connectivity index (χ1v) is 9.35. The molecule has 1 fully saturated rings. The number of nitrogens with one attached hydrogen (secondary N) is 1. The average Bonchev–Trinajstić information content (AvgIpc) is 3.40. The van der Waals surface area contributed by atoms with Crippen LogP contribution in [0.2, 0.25) is 5.02 Å². The molecule has 0 bridgehead atoms. The van der Waals surface area contributed by atoms with Crippen LogP contribution in [-0.4, -0.2) is 25.2 Å². The molecule has 1 saturated carbocycles. The molecule has 0 spiro atoms. The van der Waals surface area contributed by atoms with Gasteiger partial charge in [-0.25, -0.2) is 13.8 Å². The first-order valence-electron chi connectivity index (χ1n) is 8.97. The highest BCUT2D eigenvalue weighted by atomic mass is 35.5. The van der Waals surface area contributed by atoms with Gasteiger partial charge in [-0.1, -0.05) is 18.5 Å². The van der Waals surface area contributed by atoms with Crippen LogP contribution in [0.15, 0.2) is 18.2 Å². The van der Waals surface area contributed by atoms with E-state index >= 15 is 0 Å². The molecule has 6 heteroatoms. The molecule has 1 aromatic carbocycles. The zero-order valence-electron chi connectivity index (χ0n) is 14.8. The minimum absolute atomic E-state index is 0.0955. The van der Waals surface area contributed by atoms with E-state index in [9.17, 15) is 8.78 Å². The Hall–Kier alpha value is -1.72. The molecule has 2 aliphatic rings. The Balaban J connectivity index is 1.89. The Morgan fingerprint density at radius 2 is 2.08 bits per heavy atom. The first kappa shape index (κ1) is 17.7. The van der Waals surface area contributed by atoms with Gasteiger partial charge < -0.3 is 10.1 Å². The number of ether oxygens (including phenoxy) is 1. The quantitative estimate of drug-likeness (QED) is 0.752. The molecule has 0 amide bonds. The number of aromatic nitrogens is 1. The number of pyridine rings is 1. The number of hydrogen-bond donors (Lipinski definition) is 1. The van der Waals surface area contributed by atoms with Crippen LogP contribution in [0, 0.1) is 17.6 Å². The predicted octanol–water partition coefficient (Wildman–Crippen LogP) is 4.89. The highest BCUT2D eigenvalue weighted by Gasteiger charge is 2.35. The standard InChI is InChI=1S/C20H21ClF2N2O/c1-10-9-26-20-13(10)7-16(14(8-24-2)11-3-4-11)25-19(20)12-5-6-15(21)18(23)17(12)22/h5-7,10-11,14,24H,3-4,8-9H2,1-2H3. The van der Waals surface area contributed by atoms with Crippen LogP contribution in [0.1, 0.15) is 42.9 Å². The van der Waals surface area contributed by atoms with Gasteiger partial charge in [0.2, 0.25) is 0 Å². The lowest BCUT2D eigenvalue weighted by atomic mass is 9.93. The van der Waals surface area contributed by atoms with Crippen molar-refractivity contribution in [2.24, 2.45) is 5.92 Å². The van der Waals surface area contributed by atoms with Gasteiger partial charge in [0.15, 0.2) is 11.6 Å². The number of nitrogens with zero attached hydrogens (tertiary/aromatic N) is 1. The van der Waals surface area contributed by atoms with Crippen LogP contribution in [0.4, 0.5) is 8.78 Å². The van der Waals surface area contributed by atoms with Crippen molar-refractivity contribution in [1.29, 1.82) is 0 Å². The Bertz CT molecular complexity index is 854. The van der Waals surface area contributed by atoms with Crippen LogP contribution >= 0.6 is 11.6 Å². The van der Waals surface area contributed by atoms with Crippen LogP contribution in [0.5, 0.6) is 5.75 Å². The van der Waals surface area contributed by atoms with Gasteiger partial charge >= 0.3 is 0 Å². The van der Waals surface area contributed by atoms with Crippen molar-refractivity contribution in [2.75, 3.05) is 20.2 Å². The second-order valence-electron chi connectivity index (χ2n) is 7.25. The minimum Gasteiger partial charge on any atom is -0.490 e. The topological polar surface area (TPSA) is 34.2 Å². The highest BCUT2D eigenvalue weighted by molar-refractivity contribution is 6.30. The molecule has 2 heterocycles. The van der Waals surface area contributed by atoms with Gasteiger partial charge in [-0.3, -0.25) is 0 Å². The average molecular weight is 379 g/mol. The van der Waals surface area contributed by atoms with E-state index in [1.165, 1.54) is 25.0 Å². The summed E-state index contributed by atoms with van der Waals surface area (Å²) < 4.78 is 34.4. The van der Waals surface area contributed by atoms with E-state index in [4.69, 9.17) is 21.3 Å². The van der Waals surface area contributed by atoms with Crippen molar-refractivity contribution in [2.45, 2.75) is 31.6 Å². The third kappa shape index (κ3) is 2.97. The number of benzene rings is 1. The molecule has 2 unspecified atom stereocenters. The summed E-state index contributed by atoms with van der Waals surface area (Å²) in [6.45, 7) is 3.40. The Kier molecular flexibility index (Phi) is 4.61. The molecule has 1 aliphatic heterocycles. The molecule has 2 atom stereocenters. The molecule has 3 nitrogen and oxygen atoms in total. The molecule has 1 aromatic heterocycles. The molecular weight excluding hydrogens is 358 g/mol. The van der Waals surface area contributed by atoms with Gasteiger partial charge in [0.25, 0.3) is 0 Å². The molecule has 0 radical (unpaired) electrons. The van der Waals surface area contributed by atoms with Gasteiger partial charge in [-0.15, -0.1) is 0 Å². The Morgan fingerprint density at radius 1 is 1.31 bits per heavy atom. The lowest BCUT2D eigenvalue weighted by Gasteiger charge is -2.19. The van der Waals surface area contributed by atoms with E-state index in [2.05, 4.69) is 18.3 Å². The summed E-state index contributed by atoms with van der Waals surface area (Å²) in [6.07, 6.45) is 2.35. The molecular formula is C20H21ClF2N2O. The monoisotopic (exact) mass is 378 g/mol. The third-order valence-corrected chi connectivity index (χ3v) is 5.61. The molecule has 4 rings (SSSR count). The summed E-state index contributed by atoms with van der Waals surface area (Å²) in [6, 6.07) is 4.92. The third-order valence-electron chi connectivity index (χ3n) is 5.32. The van der Waals surface area contributed by atoms with Crippen molar-refractivity contribution < 1.29 is 13.5 Å². The maximum atomic E-state index is 14.6. The second kappa shape index (κ2) is 6.78. The van der Waals surface area contributed by atoms with E-state index in [0.717, 1.165) is 17.8 Å². The van der Waals surface area contributed by atoms with Gasteiger partial charge in [0.1, 0.15) is 11.4 Å². The summed E-state index contributed by atoms with van der Waals surface area (Å²) in [4.78, 5) is 4.75. The number of fused-ring (bicyclic) bond motifs is 1. The van der Waals surface area contributed by atoms with E-state index in [-0.39, 0.29) is 22.4 Å². The number of likely N-dealkylation sites (N-methyl/N-ethyl adjacent to an activating group) is 1. The summed E-state index contributed by atoms with van der Waals surface area (Å²) in [7, 11) is 1.92. The lowest BCUT2D eigenvalue weighted by molar-refractivity contribution is 0.337. The number of rotatable bonds is 5. The van der Waals surface area contributed by atoms with Crippen molar-refractivity contribution in [3.05, 3.63) is 46.1 Å². The highest BCUT2D eigenvalue weighted by Crippen LogP contribution is 2.47. The van der Waals surface area contributed by atoms with Crippen LogP contribution < -0.4 is 10.1 Å². The van der Waals surface area contributed by atoms with E-state index < -0.39 is 11.6 Å².